The van der Waals surface area contributed by atoms with E-state index in [1.54, 1.807) is 25.1 Å². The first-order chi connectivity index (χ1) is 12.9. The number of anilines is 1. The number of carbonyl (C=O) groups excluding carboxylic acids is 2. The number of pyridine rings is 1. The van der Waals surface area contributed by atoms with E-state index in [1.165, 1.54) is 12.1 Å². The fourth-order valence-corrected chi connectivity index (χ4v) is 2.47. The molecule has 0 spiro atoms. The lowest BCUT2D eigenvalue weighted by Gasteiger charge is -2.08. The zero-order valence-corrected chi connectivity index (χ0v) is 16.3. The zero-order chi connectivity index (χ0) is 19.8. The van der Waals surface area contributed by atoms with Crippen molar-refractivity contribution in [2.75, 3.05) is 18.5 Å². The van der Waals surface area contributed by atoms with Crippen LogP contribution < -0.4 is 10.1 Å². The molecule has 0 aliphatic carbocycles. The van der Waals surface area contributed by atoms with Crippen molar-refractivity contribution in [1.29, 1.82) is 0 Å². The van der Waals surface area contributed by atoms with Gasteiger partial charge in [0.15, 0.2) is 12.4 Å². The minimum absolute atomic E-state index is 0.154. The van der Waals surface area contributed by atoms with E-state index >= 15 is 0 Å². The average molecular weight is 409 g/mol. The maximum Gasteiger partial charge on any atom is 0.331 e. The SMILES string of the molecule is CCOc1ccccc1/C=C/C(=O)OCC(=O)Nc1nc(C)c(Cl)cc1Cl. The van der Waals surface area contributed by atoms with Crippen molar-refractivity contribution in [2.45, 2.75) is 13.8 Å². The Morgan fingerprint density at radius 1 is 1.22 bits per heavy atom. The third-order valence-corrected chi connectivity index (χ3v) is 4.00. The predicted molar refractivity (Wildman–Crippen MR) is 105 cm³/mol. The maximum absolute atomic E-state index is 11.9. The molecular weight excluding hydrogens is 391 g/mol. The Morgan fingerprint density at radius 2 is 1.96 bits per heavy atom. The van der Waals surface area contributed by atoms with Gasteiger partial charge in [0.1, 0.15) is 5.75 Å². The molecule has 0 saturated carbocycles. The molecule has 27 heavy (non-hydrogen) atoms. The van der Waals surface area contributed by atoms with E-state index in [1.807, 2.05) is 19.1 Å². The Bertz CT molecular complexity index is 869. The monoisotopic (exact) mass is 408 g/mol. The Kier molecular flexibility index (Phi) is 7.64. The summed E-state index contributed by atoms with van der Waals surface area (Å²) in [6.07, 6.45) is 2.79. The van der Waals surface area contributed by atoms with Gasteiger partial charge in [-0.15, -0.1) is 0 Å². The molecule has 0 bridgehead atoms. The summed E-state index contributed by atoms with van der Waals surface area (Å²) in [4.78, 5) is 27.8. The smallest absolute Gasteiger partial charge is 0.331 e. The van der Waals surface area contributed by atoms with Gasteiger partial charge < -0.3 is 14.8 Å². The number of amides is 1. The van der Waals surface area contributed by atoms with Crippen molar-refractivity contribution in [3.63, 3.8) is 0 Å². The van der Waals surface area contributed by atoms with Crippen LogP contribution in [0, 0.1) is 6.92 Å². The van der Waals surface area contributed by atoms with Crippen LogP contribution in [0.5, 0.6) is 5.75 Å². The third kappa shape index (κ3) is 6.27. The van der Waals surface area contributed by atoms with Crippen LogP contribution in [0.15, 0.2) is 36.4 Å². The number of hydrogen-bond acceptors (Lipinski definition) is 5. The first kappa shape index (κ1) is 20.7. The van der Waals surface area contributed by atoms with Crippen LogP contribution in [-0.4, -0.2) is 30.1 Å². The van der Waals surface area contributed by atoms with Crippen LogP contribution >= 0.6 is 23.2 Å². The third-order valence-electron chi connectivity index (χ3n) is 3.33. The Morgan fingerprint density at radius 3 is 2.70 bits per heavy atom. The summed E-state index contributed by atoms with van der Waals surface area (Å²) in [5, 5.41) is 3.05. The molecule has 1 heterocycles. The summed E-state index contributed by atoms with van der Waals surface area (Å²) < 4.78 is 10.4. The van der Waals surface area contributed by atoms with Gasteiger partial charge in [-0.2, -0.15) is 0 Å². The lowest BCUT2D eigenvalue weighted by molar-refractivity contribution is -0.142. The second kappa shape index (κ2) is 9.94. The van der Waals surface area contributed by atoms with Crippen molar-refractivity contribution >= 4 is 47.0 Å². The van der Waals surface area contributed by atoms with E-state index in [4.69, 9.17) is 32.7 Å². The number of carbonyl (C=O) groups is 2. The van der Waals surface area contributed by atoms with Gasteiger partial charge in [-0.1, -0.05) is 41.4 Å². The topological polar surface area (TPSA) is 77.5 Å². The normalized spacial score (nSPS) is 10.7. The van der Waals surface area contributed by atoms with Crippen molar-refractivity contribution in [1.82, 2.24) is 4.98 Å². The minimum Gasteiger partial charge on any atom is -0.493 e. The molecule has 2 aromatic rings. The Labute approximate surface area is 167 Å². The van der Waals surface area contributed by atoms with Crippen LogP contribution in [0.25, 0.3) is 6.08 Å². The number of halogens is 2. The van der Waals surface area contributed by atoms with E-state index in [2.05, 4.69) is 10.3 Å². The number of aromatic nitrogens is 1. The van der Waals surface area contributed by atoms with Gasteiger partial charge in [0, 0.05) is 11.6 Å². The molecule has 1 N–H and O–H groups in total. The molecule has 6 nitrogen and oxygen atoms in total. The lowest BCUT2D eigenvalue weighted by Crippen LogP contribution is -2.21. The molecular formula is C19H18Cl2N2O4. The number of rotatable bonds is 7. The first-order valence-electron chi connectivity index (χ1n) is 8.10. The van der Waals surface area contributed by atoms with Crippen LogP contribution in [-0.2, 0) is 14.3 Å². The molecule has 1 aromatic carbocycles. The van der Waals surface area contributed by atoms with Gasteiger partial charge in [0.2, 0.25) is 0 Å². The highest BCUT2D eigenvalue weighted by Crippen LogP contribution is 2.25. The number of esters is 1. The summed E-state index contributed by atoms with van der Waals surface area (Å²) in [6, 6.07) is 8.74. The number of nitrogens with one attached hydrogen (secondary N) is 1. The molecule has 0 saturated heterocycles. The van der Waals surface area contributed by atoms with Crippen molar-refractivity contribution in [3.05, 3.63) is 57.7 Å². The molecule has 8 heteroatoms. The van der Waals surface area contributed by atoms with E-state index < -0.39 is 18.5 Å². The average Bonchev–Trinajstić information content (AvgIpc) is 2.64. The highest BCUT2D eigenvalue weighted by atomic mass is 35.5. The van der Waals surface area contributed by atoms with Gasteiger partial charge in [0.25, 0.3) is 5.91 Å². The van der Waals surface area contributed by atoms with Crippen molar-refractivity contribution in [2.24, 2.45) is 0 Å². The molecule has 0 unspecified atom stereocenters. The molecule has 0 fully saturated rings. The summed E-state index contributed by atoms with van der Waals surface area (Å²) in [7, 11) is 0. The highest BCUT2D eigenvalue weighted by Gasteiger charge is 2.11. The van der Waals surface area contributed by atoms with Crippen LogP contribution in [0.4, 0.5) is 5.82 Å². The van der Waals surface area contributed by atoms with Gasteiger partial charge >= 0.3 is 5.97 Å². The van der Waals surface area contributed by atoms with Gasteiger partial charge in [0.05, 0.1) is 22.3 Å². The number of aryl methyl sites for hydroxylation is 1. The second-order valence-corrected chi connectivity index (χ2v) is 6.16. The van der Waals surface area contributed by atoms with Crippen LogP contribution in [0.3, 0.4) is 0 Å². The number of para-hydroxylation sites is 1. The van der Waals surface area contributed by atoms with Crippen LogP contribution in [0.1, 0.15) is 18.2 Å². The molecule has 1 amide bonds. The summed E-state index contributed by atoms with van der Waals surface area (Å²) >= 11 is 11.9. The number of ether oxygens (including phenoxy) is 2. The van der Waals surface area contributed by atoms with Crippen molar-refractivity contribution < 1.29 is 19.1 Å². The second-order valence-electron chi connectivity index (χ2n) is 5.35. The minimum atomic E-state index is -0.664. The Hall–Kier alpha value is -2.57. The number of hydrogen-bond donors (Lipinski definition) is 1. The molecule has 0 radical (unpaired) electrons. The largest absolute Gasteiger partial charge is 0.493 e. The molecule has 0 atom stereocenters. The van der Waals surface area contributed by atoms with E-state index in [9.17, 15) is 9.59 Å². The molecule has 0 aliphatic rings. The highest BCUT2D eigenvalue weighted by molar-refractivity contribution is 6.36. The lowest BCUT2D eigenvalue weighted by atomic mass is 10.2. The summed E-state index contributed by atoms with van der Waals surface area (Å²) in [5.41, 5.74) is 1.25. The van der Waals surface area contributed by atoms with E-state index in [0.717, 1.165) is 5.56 Å². The maximum atomic E-state index is 11.9. The van der Waals surface area contributed by atoms with Gasteiger partial charge in [-0.05, 0) is 32.1 Å². The standard InChI is InChI=1S/C19H18Cl2N2O4/c1-3-26-16-7-5-4-6-13(16)8-9-18(25)27-11-17(24)23-19-15(21)10-14(20)12(2)22-19/h4-10H,3,11H2,1-2H3,(H,22,23,24)/b9-8+. The van der Waals surface area contributed by atoms with Gasteiger partial charge in [-0.3, -0.25) is 4.79 Å². The summed E-state index contributed by atoms with van der Waals surface area (Å²) in [6.45, 7) is 3.59. The zero-order valence-electron chi connectivity index (χ0n) is 14.8. The van der Waals surface area contributed by atoms with Gasteiger partial charge in [-0.25, -0.2) is 9.78 Å². The number of benzene rings is 1. The summed E-state index contributed by atoms with van der Waals surface area (Å²) in [5.74, 6) is -0.424. The van der Waals surface area contributed by atoms with E-state index in [-0.39, 0.29) is 10.8 Å². The van der Waals surface area contributed by atoms with E-state index in [0.29, 0.717) is 23.1 Å². The quantitative estimate of drug-likeness (QED) is 0.545. The molecule has 1 aromatic heterocycles. The Balaban J connectivity index is 1.90. The first-order valence-corrected chi connectivity index (χ1v) is 8.85. The number of nitrogens with zero attached hydrogens (tertiary/aromatic N) is 1. The fraction of sp³-hybridized carbons (Fsp3) is 0.211. The predicted octanol–water partition coefficient (Wildman–Crippen LogP) is 4.29. The van der Waals surface area contributed by atoms with Crippen molar-refractivity contribution in [3.8, 4) is 5.75 Å². The van der Waals surface area contributed by atoms with Crippen LogP contribution in [0.2, 0.25) is 10.0 Å². The molecule has 2 rings (SSSR count). The molecule has 0 aliphatic heterocycles. The molecule has 142 valence electrons. The fourth-order valence-electron chi connectivity index (χ4n) is 2.06.